The molecule has 0 fully saturated rings. The molecular formula is C26H22Cl2N4O2. The zero-order valence-electron chi connectivity index (χ0n) is 18.7. The number of carbonyl (C=O) groups excluding carboxylic acids is 1. The fourth-order valence-corrected chi connectivity index (χ4v) is 4.79. The molecule has 0 aliphatic carbocycles. The minimum atomic E-state index is -0.439. The first-order chi connectivity index (χ1) is 16.4. The lowest BCUT2D eigenvalue weighted by Crippen LogP contribution is -2.38. The number of carbonyl (C=O) groups is 1. The molecule has 2 aliphatic heterocycles. The molecule has 3 heterocycles. The molecule has 172 valence electrons. The zero-order valence-corrected chi connectivity index (χ0v) is 20.2. The number of aromatic nitrogens is 2. The Kier molecular flexibility index (Phi) is 6.11. The van der Waals surface area contributed by atoms with Crippen molar-refractivity contribution in [2.45, 2.75) is 20.3 Å². The van der Waals surface area contributed by atoms with Gasteiger partial charge in [-0.15, -0.1) is 0 Å². The molecule has 3 aromatic rings. The molecule has 2 aliphatic rings. The van der Waals surface area contributed by atoms with Gasteiger partial charge in [0, 0.05) is 28.4 Å². The molecule has 1 atom stereocenters. The van der Waals surface area contributed by atoms with Crippen LogP contribution in [0.1, 0.15) is 25.2 Å². The van der Waals surface area contributed by atoms with Crippen molar-refractivity contribution in [2.75, 3.05) is 11.4 Å². The molecule has 1 unspecified atom stereocenters. The van der Waals surface area contributed by atoms with Gasteiger partial charge in [-0.05, 0) is 41.8 Å². The molecule has 2 aromatic carbocycles. The summed E-state index contributed by atoms with van der Waals surface area (Å²) in [5.41, 5.74) is 4.80. The maximum Gasteiger partial charge on any atom is 0.213 e. The number of aliphatic imine (C=N–C) groups is 1. The van der Waals surface area contributed by atoms with Crippen LogP contribution in [0.4, 0.5) is 5.69 Å². The number of rotatable bonds is 5. The number of halogens is 2. The number of hydrogen-bond donors (Lipinski definition) is 0. The van der Waals surface area contributed by atoms with Crippen LogP contribution in [0.2, 0.25) is 10.0 Å². The molecule has 0 amide bonds. The van der Waals surface area contributed by atoms with Gasteiger partial charge >= 0.3 is 0 Å². The molecule has 5 rings (SSSR count). The minimum absolute atomic E-state index is 0.0174. The van der Waals surface area contributed by atoms with E-state index in [1.807, 2.05) is 68.5 Å². The van der Waals surface area contributed by atoms with Crippen molar-refractivity contribution in [3.63, 3.8) is 0 Å². The summed E-state index contributed by atoms with van der Waals surface area (Å²) in [5, 5.41) is 5.18. The van der Waals surface area contributed by atoms with Crippen LogP contribution in [-0.4, -0.2) is 28.2 Å². The number of anilines is 1. The summed E-state index contributed by atoms with van der Waals surface area (Å²) in [6, 6.07) is 15.2. The van der Waals surface area contributed by atoms with E-state index in [1.165, 1.54) is 6.39 Å². The summed E-state index contributed by atoms with van der Waals surface area (Å²) in [6.45, 7) is 4.51. The van der Waals surface area contributed by atoms with Gasteiger partial charge in [0.05, 0.1) is 28.9 Å². The van der Waals surface area contributed by atoms with Crippen LogP contribution in [0.15, 0.2) is 81.8 Å². The number of allylic oxidation sites excluding steroid dienone is 2. The van der Waals surface area contributed by atoms with Gasteiger partial charge in [-0.1, -0.05) is 66.5 Å². The molecular weight excluding hydrogens is 471 g/mol. The highest BCUT2D eigenvalue weighted by Gasteiger charge is 2.38. The average Bonchev–Trinajstić information content (AvgIpc) is 3.34. The second kappa shape index (κ2) is 9.20. The first-order valence-electron chi connectivity index (χ1n) is 11.0. The highest BCUT2D eigenvalue weighted by Crippen LogP contribution is 2.40. The maximum atomic E-state index is 13.8. The lowest BCUT2D eigenvalue weighted by atomic mass is 9.80. The molecule has 8 heteroatoms. The van der Waals surface area contributed by atoms with Crippen LogP contribution < -0.4 is 4.90 Å². The summed E-state index contributed by atoms with van der Waals surface area (Å²) in [5.74, 6) is 0.158. The van der Waals surface area contributed by atoms with Crippen molar-refractivity contribution in [3.8, 4) is 0 Å². The Balaban J connectivity index is 1.63. The van der Waals surface area contributed by atoms with Crippen LogP contribution in [0, 0.1) is 11.8 Å². The molecule has 0 N–H and O–H groups in total. The van der Waals surface area contributed by atoms with Crippen molar-refractivity contribution in [2.24, 2.45) is 16.8 Å². The van der Waals surface area contributed by atoms with Crippen molar-refractivity contribution < 1.29 is 9.32 Å². The Bertz CT molecular complexity index is 1330. The van der Waals surface area contributed by atoms with E-state index in [0.717, 1.165) is 28.4 Å². The fourth-order valence-electron chi connectivity index (χ4n) is 4.42. The smallest absolute Gasteiger partial charge is 0.213 e. The predicted octanol–water partition coefficient (Wildman–Crippen LogP) is 6.03. The highest BCUT2D eigenvalue weighted by atomic mass is 35.5. The summed E-state index contributed by atoms with van der Waals surface area (Å²) in [6.07, 6.45) is 3.54. The van der Waals surface area contributed by atoms with Crippen molar-refractivity contribution in [1.29, 1.82) is 0 Å². The van der Waals surface area contributed by atoms with E-state index in [4.69, 9.17) is 32.7 Å². The van der Waals surface area contributed by atoms with E-state index < -0.39 is 5.92 Å². The van der Waals surface area contributed by atoms with Gasteiger partial charge in [-0.3, -0.25) is 9.79 Å². The van der Waals surface area contributed by atoms with Crippen LogP contribution >= 0.6 is 23.2 Å². The molecule has 0 spiro atoms. The summed E-state index contributed by atoms with van der Waals surface area (Å²) in [7, 11) is 0. The Morgan fingerprint density at radius 3 is 2.56 bits per heavy atom. The number of para-hydroxylation sites is 1. The third-order valence-corrected chi connectivity index (χ3v) is 6.63. The lowest BCUT2D eigenvalue weighted by Gasteiger charge is -2.36. The van der Waals surface area contributed by atoms with Gasteiger partial charge in [0.25, 0.3) is 0 Å². The molecule has 0 saturated carbocycles. The van der Waals surface area contributed by atoms with Gasteiger partial charge < -0.3 is 9.42 Å². The monoisotopic (exact) mass is 492 g/mol. The Labute approximate surface area is 207 Å². The topological polar surface area (TPSA) is 71.6 Å². The van der Waals surface area contributed by atoms with E-state index in [0.29, 0.717) is 34.4 Å². The quantitative estimate of drug-likeness (QED) is 0.434. The molecule has 1 aromatic heterocycles. The lowest BCUT2D eigenvalue weighted by molar-refractivity contribution is -0.117. The Morgan fingerprint density at radius 1 is 1.12 bits per heavy atom. The van der Waals surface area contributed by atoms with Crippen LogP contribution in [0.5, 0.6) is 0 Å². The van der Waals surface area contributed by atoms with Gasteiger partial charge in [0.1, 0.15) is 0 Å². The van der Waals surface area contributed by atoms with E-state index >= 15 is 0 Å². The predicted molar refractivity (Wildman–Crippen MR) is 134 cm³/mol. The summed E-state index contributed by atoms with van der Waals surface area (Å²) < 4.78 is 4.89. The third kappa shape index (κ3) is 4.19. The van der Waals surface area contributed by atoms with Crippen molar-refractivity contribution >= 4 is 46.1 Å². The molecule has 0 radical (unpaired) electrons. The maximum absolute atomic E-state index is 13.8. The SMILES string of the molecule is CC(C)C1=NC2=C(C=C(c3ccc(Cl)cc3)N(c3ccccc3Cl)C2)C(=O)C1Cc1ncon1. The van der Waals surface area contributed by atoms with Crippen molar-refractivity contribution in [3.05, 3.63) is 93.7 Å². The van der Waals surface area contributed by atoms with E-state index in [1.54, 1.807) is 0 Å². The van der Waals surface area contributed by atoms with Crippen molar-refractivity contribution in [1.82, 2.24) is 10.1 Å². The van der Waals surface area contributed by atoms with Crippen LogP contribution in [0.3, 0.4) is 0 Å². The third-order valence-electron chi connectivity index (χ3n) is 6.06. The Hall–Kier alpha value is -3.22. The van der Waals surface area contributed by atoms with E-state index in [2.05, 4.69) is 15.0 Å². The van der Waals surface area contributed by atoms with Crippen LogP contribution in [-0.2, 0) is 11.2 Å². The first kappa shape index (κ1) is 22.6. The van der Waals surface area contributed by atoms with Gasteiger partial charge in [0.15, 0.2) is 11.6 Å². The van der Waals surface area contributed by atoms with Gasteiger partial charge in [-0.25, -0.2) is 0 Å². The number of nitrogens with zero attached hydrogens (tertiary/aromatic N) is 4. The standard InChI is InChI=1S/C26H22Cl2N4O2/c1-15(2)25-19(12-24-29-14-34-31-24)26(33)18-11-23(16-7-9-17(27)10-8-16)32(13-21(18)30-25)22-6-4-3-5-20(22)28/h3-11,14-15,19H,12-13H2,1-2H3. The Morgan fingerprint density at radius 2 is 1.88 bits per heavy atom. The number of benzene rings is 2. The number of ketones is 1. The molecule has 6 nitrogen and oxygen atoms in total. The first-order valence-corrected chi connectivity index (χ1v) is 11.8. The number of hydrogen-bond acceptors (Lipinski definition) is 6. The molecule has 34 heavy (non-hydrogen) atoms. The van der Waals surface area contributed by atoms with Gasteiger partial charge in [-0.2, -0.15) is 4.98 Å². The zero-order chi connectivity index (χ0) is 23.8. The second-order valence-corrected chi connectivity index (χ2v) is 9.44. The summed E-state index contributed by atoms with van der Waals surface area (Å²) >= 11 is 12.7. The summed E-state index contributed by atoms with van der Waals surface area (Å²) in [4.78, 5) is 25.0. The highest BCUT2D eigenvalue weighted by molar-refractivity contribution is 6.33. The van der Waals surface area contributed by atoms with E-state index in [-0.39, 0.29) is 11.7 Å². The fraction of sp³-hybridized carbons (Fsp3) is 0.231. The van der Waals surface area contributed by atoms with E-state index in [9.17, 15) is 4.79 Å². The number of Topliss-reactive ketones (excluding diaryl/α,β-unsaturated/α-hetero) is 1. The second-order valence-electron chi connectivity index (χ2n) is 8.59. The largest absolute Gasteiger partial charge is 0.343 e. The molecule has 0 bridgehead atoms. The molecule has 0 saturated heterocycles. The average molecular weight is 493 g/mol. The minimum Gasteiger partial charge on any atom is -0.343 e. The van der Waals surface area contributed by atoms with Crippen LogP contribution in [0.25, 0.3) is 5.70 Å². The van der Waals surface area contributed by atoms with Gasteiger partial charge in [0.2, 0.25) is 6.39 Å². The normalized spacial score (nSPS) is 18.2.